The van der Waals surface area contributed by atoms with Crippen molar-refractivity contribution in [1.29, 1.82) is 0 Å². The highest BCUT2D eigenvalue weighted by Gasteiger charge is 2.30. The summed E-state index contributed by atoms with van der Waals surface area (Å²) in [4.78, 5) is 26.9. The second-order valence-corrected chi connectivity index (χ2v) is 3.85. The summed E-state index contributed by atoms with van der Waals surface area (Å²) in [7, 11) is 0. The van der Waals surface area contributed by atoms with E-state index in [1.54, 1.807) is 0 Å². The summed E-state index contributed by atoms with van der Waals surface area (Å²) < 4.78 is 0. The van der Waals surface area contributed by atoms with Crippen molar-refractivity contribution >= 4 is 0 Å². The standard InChI is InChI=1S/C9H13N3O3/c13-4-5-1-2-7(11-5)6-3-10-9(15)12-8(6)14/h3,5,7,11,13H,1-2,4H2,(H2,10,12,14,15)/p+1. The van der Waals surface area contributed by atoms with Crippen molar-refractivity contribution in [3.8, 4) is 0 Å². The third-order valence-electron chi connectivity index (χ3n) is 2.83. The molecule has 2 unspecified atom stereocenters. The van der Waals surface area contributed by atoms with Gasteiger partial charge in [-0.05, 0) is 0 Å². The molecule has 6 heteroatoms. The van der Waals surface area contributed by atoms with Gasteiger partial charge in [-0.2, -0.15) is 0 Å². The lowest BCUT2D eigenvalue weighted by atomic mass is 10.1. The molecule has 15 heavy (non-hydrogen) atoms. The number of hydrogen-bond donors (Lipinski definition) is 4. The zero-order chi connectivity index (χ0) is 10.8. The van der Waals surface area contributed by atoms with Gasteiger partial charge >= 0.3 is 5.69 Å². The van der Waals surface area contributed by atoms with Gasteiger partial charge in [0.1, 0.15) is 12.1 Å². The Hall–Kier alpha value is -1.40. The van der Waals surface area contributed by atoms with Crippen LogP contribution in [0.25, 0.3) is 0 Å². The smallest absolute Gasteiger partial charge is 0.325 e. The maximum Gasteiger partial charge on any atom is 0.325 e. The van der Waals surface area contributed by atoms with Gasteiger partial charge in [-0.15, -0.1) is 0 Å². The van der Waals surface area contributed by atoms with Gasteiger partial charge in [-0.3, -0.25) is 9.78 Å². The van der Waals surface area contributed by atoms with Gasteiger partial charge < -0.3 is 15.4 Å². The summed E-state index contributed by atoms with van der Waals surface area (Å²) >= 11 is 0. The molecule has 1 fully saturated rings. The molecule has 1 aromatic rings. The molecule has 1 aliphatic heterocycles. The van der Waals surface area contributed by atoms with Crippen LogP contribution in [-0.2, 0) is 0 Å². The molecule has 0 aromatic carbocycles. The number of nitrogens with one attached hydrogen (secondary N) is 2. The van der Waals surface area contributed by atoms with Crippen LogP contribution in [0, 0.1) is 0 Å². The lowest BCUT2D eigenvalue weighted by molar-refractivity contribution is -0.709. The predicted molar refractivity (Wildman–Crippen MR) is 52.5 cm³/mol. The van der Waals surface area contributed by atoms with Gasteiger partial charge in [-0.1, -0.05) is 0 Å². The number of aliphatic hydroxyl groups excluding tert-OH is 1. The molecule has 0 bridgehead atoms. The monoisotopic (exact) mass is 212 g/mol. The molecule has 0 spiro atoms. The lowest BCUT2D eigenvalue weighted by Crippen LogP contribution is -2.88. The van der Waals surface area contributed by atoms with Gasteiger partial charge in [0.15, 0.2) is 0 Å². The topological polar surface area (TPSA) is 103 Å². The summed E-state index contributed by atoms with van der Waals surface area (Å²) in [5, 5.41) is 10.9. The number of hydrogen-bond acceptors (Lipinski definition) is 3. The summed E-state index contributed by atoms with van der Waals surface area (Å²) in [6.07, 6.45) is 3.20. The van der Waals surface area contributed by atoms with Crippen LogP contribution in [0.3, 0.4) is 0 Å². The molecule has 82 valence electrons. The highest BCUT2D eigenvalue weighted by Crippen LogP contribution is 2.15. The normalized spacial score (nSPS) is 25.7. The van der Waals surface area contributed by atoms with Crippen molar-refractivity contribution in [3.63, 3.8) is 0 Å². The summed E-state index contributed by atoms with van der Waals surface area (Å²) in [5.41, 5.74) is -0.246. The maximum absolute atomic E-state index is 11.5. The van der Waals surface area contributed by atoms with Gasteiger partial charge in [0.2, 0.25) is 0 Å². The van der Waals surface area contributed by atoms with Crippen LogP contribution in [0.2, 0.25) is 0 Å². The van der Waals surface area contributed by atoms with E-state index in [1.807, 2.05) is 5.32 Å². The van der Waals surface area contributed by atoms with Crippen molar-refractivity contribution in [1.82, 2.24) is 9.97 Å². The molecule has 1 aromatic heterocycles. The van der Waals surface area contributed by atoms with Crippen LogP contribution in [-0.4, -0.2) is 27.7 Å². The maximum atomic E-state index is 11.5. The second kappa shape index (κ2) is 4.00. The number of quaternary nitrogens is 1. The number of nitrogens with two attached hydrogens (primary N) is 1. The Morgan fingerprint density at radius 3 is 2.87 bits per heavy atom. The minimum Gasteiger partial charge on any atom is -0.390 e. The number of H-pyrrole nitrogens is 2. The molecule has 0 amide bonds. The molecular weight excluding hydrogens is 198 g/mol. The molecule has 1 saturated heterocycles. The quantitative estimate of drug-likeness (QED) is 0.448. The molecular formula is C9H14N3O3+. The van der Waals surface area contributed by atoms with E-state index < -0.39 is 5.69 Å². The first-order chi connectivity index (χ1) is 7.20. The molecule has 0 aliphatic carbocycles. The third-order valence-corrected chi connectivity index (χ3v) is 2.83. The number of aromatic amines is 2. The molecule has 0 saturated carbocycles. The van der Waals surface area contributed by atoms with Crippen LogP contribution in [0.5, 0.6) is 0 Å². The Bertz CT molecular complexity index is 450. The van der Waals surface area contributed by atoms with Crippen LogP contribution in [0.15, 0.2) is 15.8 Å². The fraction of sp³-hybridized carbons (Fsp3) is 0.556. The summed E-state index contributed by atoms with van der Waals surface area (Å²) in [5.74, 6) is 0. The second-order valence-electron chi connectivity index (χ2n) is 3.85. The Balaban J connectivity index is 2.24. The molecule has 6 nitrogen and oxygen atoms in total. The van der Waals surface area contributed by atoms with Crippen molar-refractivity contribution in [3.05, 3.63) is 32.6 Å². The average molecular weight is 212 g/mol. The van der Waals surface area contributed by atoms with Crippen molar-refractivity contribution < 1.29 is 10.4 Å². The van der Waals surface area contributed by atoms with Crippen LogP contribution in [0.4, 0.5) is 0 Å². The fourth-order valence-electron chi connectivity index (χ4n) is 2.02. The van der Waals surface area contributed by atoms with E-state index in [2.05, 4.69) is 9.97 Å². The minimum atomic E-state index is -0.486. The van der Waals surface area contributed by atoms with Crippen molar-refractivity contribution in [2.45, 2.75) is 24.9 Å². The summed E-state index contributed by atoms with van der Waals surface area (Å²) in [6, 6.07) is 0.212. The van der Waals surface area contributed by atoms with Crippen molar-refractivity contribution in [2.75, 3.05) is 6.61 Å². The van der Waals surface area contributed by atoms with Crippen LogP contribution < -0.4 is 16.6 Å². The van der Waals surface area contributed by atoms with E-state index in [0.29, 0.717) is 5.56 Å². The van der Waals surface area contributed by atoms with E-state index in [1.165, 1.54) is 6.20 Å². The molecule has 2 heterocycles. The first kappa shape index (κ1) is 10.1. The molecule has 1 aliphatic rings. The van der Waals surface area contributed by atoms with Crippen LogP contribution in [0.1, 0.15) is 24.4 Å². The largest absolute Gasteiger partial charge is 0.390 e. The van der Waals surface area contributed by atoms with E-state index in [4.69, 9.17) is 5.11 Å². The zero-order valence-corrected chi connectivity index (χ0v) is 8.19. The van der Waals surface area contributed by atoms with E-state index in [-0.39, 0.29) is 24.2 Å². The lowest BCUT2D eigenvalue weighted by Gasteiger charge is -2.07. The Kier molecular flexibility index (Phi) is 2.70. The highest BCUT2D eigenvalue weighted by molar-refractivity contribution is 5.07. The van der Waals surface area contributed by atoms with Crippen molar-refractivity contribution in [2.24, 2.45) is 0 Å². The Labute approximate surface area is 85.4 Å². The number of aromatic nitrogens is 2. The van der Waals surface area contributed by atoms with Gasteiger partial charge in [0, 0.05) is 19.0 Å². The number of aliphatic hydroxyl groups is 1. The first-order valence-electron chi connectivity index (χ1n) is 4.98. The molecule has 2 atom stereocenters. The van der Waals surface area contributed by atoms with Gasteiger partial charge in [0.25, 0.3) is 5.56 Å². The van der Waals surface area contributed by atoms with Gasteiger partial charge in [0.05, 0.1) is 12.2 Å². The third kappa shape index (κ3) is 2.00. The van der Waals surface area contributed by atoms with E-state index >= 15 is 0 Å². The first-order valence-corrected chi connectivity index (χ1v) is 4.98. The average Bonchev–Trinajstić information content (AvgIpc) is 2.66. The summed E-state index contributed by atoms with van der Waals surface area (Å²) in [6.45, 7) is 0.123. The SMILES string of the molecule is O=c1[nH]cc(C2CCC(CO)[NH2+]2)c(=O)[nH]1. The Morgan fingerprint density at radius 1 is 1.47 bits per heavy atom. The molecule has 0 radical (unpaired) electrons. The fourth-order valence-corrected chi connectivity index (χ4v) is 2.02. The van der Waals surface area contributed by atoms with E-state index in [0.717, 1.165) is 12.8 Å². The molecule has 2 rings (SSSR count). The highest BCUT2D eigenvalue weighted by atomic mass is 16.3. The Morgan fingerprint density at radius 2 is 2.27 bits per heavy atom. The number of rotatable bonds is 2. The van der Waals surface area contributed by atoms with Gasteiger partial charge in [-0.25, -0.2) is 4.79 Å². The minimum absolute atomic E-state index is 0.0442. The van der Waals surface area contributed by atoms with Crippen LogP contribution >= 0.6 is 0 Å². The predicted octanol–water partition coefficient (Wildman–Crippen LogP) is -2.18. The molecule has 5 N–H and O–H groups in total. The zero-order valence-electron chi connectivity index (χ0n) is 8.19. The van der Waals surface area contributed by atoms with E-state index in [9.17, 15) is 9.59 Å².